The number of ether oxygens (including phenoxy) is 2. The number of aromatic nitrogens is 3. The summed E-state index contributed by atoms with van der Waals surface area (Å²) < 4.78 is 68.9. The smallest absolute Gasteiger partial charge is 0.319 e. The molecule has 4 atom stereocenters. The van der Waals surface area contributed by atoms with Gasteiger partial charge in [0.1, 0.15) is 28.6 Å². The number of phenols is 1. The van der Waals surface area contributed by atoms with E-state index >= 15 is 4.39 Å². The molecule has 0 bridgehead atoms. The molecular weight excluding hydrogens is 701 g/mol. The van der Waals surface area contributed by atoms with Crippen LogP contribution >= 0.6 is 0 Å². The number of pyridine rings is 1. The molecule has 10 nitrogen and oxygen atoms in total. The Kier molecular flexibility index (Phi) is 8.70. The summed E-state index contributed by atoms with van der Waals surface area (Å²) in [5, 5.41) is 11.8. The van der Waals surface area contributed by atoms with E-state index in [0.29, 0.717) is 73.1 Å². The topological polar surface area (TPSA) is 118 Å². The van der Waals surface area contributed by atoms with Gasteiger partial charge in [0.05, 0.1) is 35.7 Å². The highest BCUT2D eigenvalue weighted by molar-refractivity contribution is 7.91. The van der Waals surface area contributed by atoms with Crippen LogP contribution in [0.4, 0.5) is 14.6 Å². The molecule has 2 aromatic heterocycles. The zero-order chi connectivity index (χ0) is 36.5. The Labute approximate surface area is 307 Å². The molecule has 5 fully saturated rings. The number of benzene rings is 2. The third-order valence-electron chi connectivity index (χ3n) is 12.7. The maximum Gasteiger partial charge on any atom is 0.319 e. The Hall–Kier alpha value is -4.12. The number of halogens is 2. The molecule has 5 aliphatic rings. The molecule has 2 aliphatic carbocycles. The second-order valence-corrected chi connectivity index (χ2v) is 17.9. The highest BCUT2D eigenvalue weighted by atomic mass is 32.2. The summed E-state index contributed by atoms with van der Waals surface area (Å²) in [5.41, 5.74) is -0.125. The van der Waals surface area contributed by atoms with Crippen LogP contribution < -0.4 is 9.64 Å². The van der Waals surface area contributed by atoms with Gasteiger partial charge < -0.3 is 19.5 Å². The first-order valence-corrected chi connectivity index (χ1v) is 20.7. The molecule has 1 N–H and O–H groups in total. The Bertz CT molecular complexity index is 2240. The number of rotatable bonds is 6. The molecule has 13 heteroatoms. The van der Waals surface area contributed by atoms with Gasteiger partial charge in [0.2, 0.25) is 0 Å². The van der Waals surface area contributed by atoms with Crippen LogP contribution in [0.1, 0.15) is 56.9 Å². The van der Waals surface area contributed by atoms with Gasteiger partial charge in [0.25, 0.3) is 0 Å². The highest BCUT2D eigenvalue weighted by Crippen LogP contribution is 2.52. The van der Waals surface area contributed by atoms with Gasteiger partial charge in [-0.15, -0.1) is 6.42 Å². The van der Waals surface area contributed by atoms with Crippen LogP contribution in [0.5, 0.6) is 11.8 Å². The maximum atomic E-state index is 17.0. The van der Waals surface area contributed by atoms with Crippen molar-refractivity contribution in [3.05, 3.63) is 47.7 Å². The second-order valence-electron chi connectivity index (χ2n) is 15.7. The number of terminal acetylenes is 1. The van der Waals surface area contributed by atoms with E-state index in [4.69, 9.17) is 25.9 Å². The van der Waals surface area contributed by atoms with Gasteiger partial charge in [0, 0.05) is 54.3 Å². The molecule has 5 heterocycles. The summed E-state index contributed by atoms with van der Waals surface area (Å²) in [4.78, 5) is 18.8. The van der Waals surface area contributed by atoms with Crippen molar-refractivity contribution >= 4 is 37.3 Å². The summed E-state index contributed by atoms with van der Waals surface area (Å²) in [5.74, 6) is 2.54. The minimum absolute atomic E-state index is 0.00788. The summed E-state index contributed by atoms with van der Waals surface area (Å²) >= 11 is 0. The molecule has 2 saturated carbocycles. The van der Waals surface area contributed by atoms with Crippen LogP contribution in [0.25, 0.3) is 32.9 Å². The predicted octanol–water partition coefficient (Wildman–Crippen LogP) is 5.87. The first-order valence-electron chi connectivity index (χ1n) is 18.8. The van der Waals surface area contributed by atoms with Crippen molar-refractivity contribution in [2.45, 2.75) is 63.5 Å². The summed E-state index contributed by atoms with van der Waals surface area (Å²) in [6, 6.07) is 6.29. The van der Waals surface area contributed by atoms with E-state index in [2.05, 4.69) is 20.7 Å². The van der Waals surface area contributed by atoms with E-state index in [1.165, 1.54) is 30.5 Å². The quantitative estimate of drug-likeness (QED) is 0.240. The van der Waals surface area contributed by atoms with Crippen molar-refractivity contribution in [1.29, 1.82) is 0 Å². The monoisotopic (exact) mass is 743 g/mol. The largest absolute Gasteiger partial charge is 0.508 e. The third kappa shape index (κ3) is 6.07. The SMILES string of the molecule is C#Cc1c(F)ccc2cc(O)cc(-c3ncc4c(N5CCCOCC5)nc(OCC56CCCC5N(C5CC7CS(=O)(=O)CC7C5)CCC6)nc4c3F)c12. The third-order valence-corrected chi connectivity index (χ3v) is 14.5. The van der Waals surface area contributed by atoms with Crippen LogP contribution in [-0.2, 0) is 14.6 Å². The van der Waals surface area contributed by atoms with Crippen LogP contribution in [0.2, 0.25) is 0 Å². The fourth-order valence-electron chi connectivity index (χ4n) is 10.4. The maximum absolute atomic E-state index is 17.0. The van der Waals surface area contributed by atoms with Crippen LogP contribution in [0.3, 0.4) is 0 Å². The first-order chi connectivity index (χ1) is 25.6. The number of anilines is 1. The predicted molar refractivity (Wildman–Crippen MR) is 198 cm³/mol. The zero-order valence-electron chi connectivity index (χ0n) is 29.6. The standard InChI is InChI=1S/C40H43F2N5O5S/c1-2-29-32(41)8-7-24-18-28(48)19-30(34(24)29)36-35(42)37-31(20-43-36)38(46-11-5-14-51-15-13-46)45-39(44-37)52-23-40-9-3-6-33(40)47(12-4-10-40)27-16-25-21-53(49,50)22-26(25)17-27/h1,7-8,18-20,25-27,33,48H,3-6,9-17,21-23H2. The molecule has 9 rings (SSSR count). The summed E-state index contributed by atoms with van der Waals surface area (Å²) in [6.07, 6.45) is 15.1. The van der Waals surface area contributed by atoms with Crippen molar-refractivity contribution in [2.75, 3.05) is 55.9 Å². The van der Waals surface area contributed by atoms with Gasteiger partial charge >= 0.3 is 6.01 Å². The van der Waals surface area contributed by atoms with Gasteiger partial charge in [-0.2, -0.15) is 9.97 Å². The lowest BCUT2D eigenvalue weighted by Gasteiger charge is -2.48. The average molecular weight is 744 g/mol. The van der Waals surface area contributed by atoms with Crippen molar-refractivity contribution in [1.82, 2.24) is 19.9 Å². The molecule has 0 amide bonds. The van der Waals surface area contributed by atoms with Crippen molar-refractivity contribution in [3.63, 3.8) is 0 Å². The fourth-order valence-corrected chi connectivity index (χ4v) is 12.6. The van der Waals surface area contributed by atoms with E-state index in [1.807, 2.05) is 0 Å². The van der Waals surface area contributed by atoms with E-state index in [-0.39, 0.29) is 56.7 Å². The minimum atomic E-state index is -2.92. The molecular formula is C40H43F2N5O5S. The lowest BCUT2D eigenvalue weighted by Crippen LogP contribution is -2.55. The Morgan fingerprint density at radius 2 is 1.85 bits per heavy atom. The highest BCUT2D eigenvalue weighted by Gasteiger charge is 2.53. The van der Waals surface area contributed by atoms with Crippen molar-refractivity contribution in [2.24, 2.45) is 17.3 Å². The van der Waals surface area contributed by atoms with Gasteiger partial charge in [-0.05, 0) is 86.9 Å². The molecule has 0 radical (unpaired) electrons. The number of piperidine rings is 1. The molecule has 4 aromatic rings. The number of nitrogens with zero attached hydrogens (tertiary/aromatic N) is 5. The number of phenolic OH excluding ortho intramolecular Hbond substituents is 1. The molecule has 3 saturated heterocycles. The van der Waals surface area contributed by atoms with E-state index in [9.17, 15) is 17.9 Å². The minimum Gasteiger partial charge on any atom is -0.508 e. The van der Waals surface area contributed by atoms with Crippen LogP contribution in [-0.4, -0.2) is 96.4 Å². The average Bonchev–Trinajstić information content (AvgIpc) is 3.73. The number of hydrogen-bond donors (Lipinski definition) is 1. The Morgan fingerprint density at radius 1 is 1.04 bits per heavy atom. The summed E-state index contributed by atoms with van der Waals surface area (Å²) in [6.45, 7) is 3.67. The number of likely N-dealkylation sites (tertiary alicyclic amines) is 1. The van der Waals surface area contributed by atoms with Gasteiger partial charge in [-0.3, -0.25) is 9.88 Å². The molecule has 2 aromatic carbocycles. The summed E-state index contributed by atoms with van der Waals surface area (Å²) in [7, 11) is -2.92. The second kappa shape index (κ2) is 13.3. The number of fused-ring (bicyclic) bond motifs is 4. The lowest BCUT2D eigenvalue weighted by molar-refractivity contribution is -0.0223. The fraction of sp³-hybridized carbons (Fsp3) is 0.525. The Morgan fingerprint density at radius 3 is 2.66 bits per heavy atom. The van der Waals surface area contributed by atoms with E-state index in [1.54, 1.807) is 0 Å². The zero-order valence-corrected chi connectivity index (χ0v) is 30.4. The van der Waals surface area contributed by atoms with E-state index in [0.717, 1.165) is 57.9 Å². The van der Waals surface area contributed by atoms with Gasteiger partial charge in [-0.1, -0.05) is 18.4 Å². The van der Waals surface area contributed by atoms with Crippen molar-refractivity contribution in [3.8, 4) is 35.4 Å². The van der Waals surface area contributed by atoms with Crippen LogP contribution in [0, 0.1) is 41.2 Å². The number of hydrogen-bond acceptors (Lipinski definition) is 10. The molecule has 53 heavy (non-hydrogen) atoms. The van der Waals surface area contributed by atoms with E-state index < -0.39 is 21.5 Å². The molecule has 0 spiro atoms. The molecule has 278 valence electrons. The number of aromatic hydroxyl groups is 1. The lowest BCUT2D eigenvalue weighted by atomic mass is 9.75. The number of sulfone groups is 1. The molecule has 3 aliphatic heterocycles. The first kappa shape index (κ1) is 34.6. The van der Waals surface area contributed by atoms with Gasteiger partial charge in [0.15, 0.2) is 15.7 Å². The molecule has 4 unspecified atom stereocenters. The van der Waals surface area contributed by atoms with Crippen LogP contribution in [0.15, 0.2) is 30.5 Å². The van der Waals surface area contributed by atoms with Gasteiger partial charge in [-0.25, -0.2) is 17.2 Å². The normalized spacial score (nSPS) is 28.5. The van der Waals surface area contributed by atoms with Crippen molar-refractivity contribution < 1.29 is 31.8 Å². The Balaban J connectivity index is 1.08.